The maximum atomic E-state index is 11.6. The van der Waals surface area contributed by atoms with E-state index in [0.29, 0.717) is 16.1 Å². The van der Waals surface area contributed by atoms with Gasteiger partial charge in [-0.05, 0) is 17.7 Å². The van der Waals surface area contributed by atoms with E-state index in [2.05, 4.69) is 4.84 Å². The van der Waals surface area contributed by atoms with Crippen LogP contribution in [0.15, 0.2) is 48.5 Å². The summed E-state index contributed by atoms with van der Waals surface area (Å²) < 4.78 is 0. The van der Waals surface area contributed by atoms with Crippen molar-refractivity contribution in [2.45, 2.75) is 0 Å². The molecule has 0 aromatic heterocycles. The Balaban J connectivity index is 2.64. The van der Waals surface area contributed by atoms with Crippen molar-refractivity contribution in [2.75, 3.05) is 0 Å². The lowest BCUT2D eigenvalue weighted by molar-refractivity contribution is 0.0504. The van der Waals surface area contributed by atoms with Crippen LogP contribution in [0.3, 0.4) is 0 Å². The fraction of sp³-hybridized carbons (Fsp3) is 0. The van der Waals surface area contributed by atoms with Gasteiger partial charge < -0.3 is 4.84 Å². The molecule has 0 saturated carbocycles. The van der Waals surface area contributed by atoms with Gasteiger partial charge in [0.2, 0.25) is 0 Å². The van der Waals surface area contributed by atoms with E-state index in [-0.39, 0.29) is 0 Å². The third-order valence-corrected chi connectivity index (χ3v) is 2.72. The van der Waals surface area contributed by atoms with Crippen LogP contribution in [0.4, 0.5) is 0 Å². The fourth-order valence-electron chi connectivity index (χ4n) is 1.66. The molecule has 0 unspecified atom stereocenters. The Morgan fingerprint density at radius 3 is 2.41 bits per heavy atom. The highest BCUT2D eigenvalue weighted by Gasteiger charge is 2.16. The van der Waals surface area contributed by atoms with Crippen molar-refractivity contribution in [3.63, 3.8) is 0 Å². The summed E-state index contributed by atoms with van der Waals surface area (Å²) in [4.78, 5) is 15.8. The van der Waals surface area contributed by atoms with Gasteiger partial charge >= 0.3 is 5.97 Å². The normalized spacial score (nSPS) is 10.0. The van der Waals surface area contributed by atoms with Gasteiger partial charge in [-0.15, -0.1) is 0 Å². The van der Waals surface area contributed by atoms with E-state index in [0.717, 1.165) is 5.56 Å². The van der Waals surface area contributed by atoms with Gasteiger partial charge in [-0.1, -0.05) is 48.0 Å². The average molecular weight is 248 g/mol. The Labute approximate surface area is 104 Å². The SMILES string of the molecule is NOC(=O)c1cccc(Cl)c1-c1ccccc1. The molecule has 0 aliphatic carbocycles. The monoisotopic (exact) mass is 247 g/mol. The lowest BCUT2D eigenvalue weighted by Gasteiger charge is -2.09. The van der Waals surface area contributed by atoms with E-state index >= 15 is 0 Å². The second kappa shape index (κ2) is 4.99. The van der Waals surface area contributed by atoms with Crippen molar-refractivity contribution >= 4 is 17.6 Å². The third-order valence-electron chi connectivity index (χ3n) is 2.40. The molecule has 0 fully saturated rings. The molecule has 86 valence electrons. The lowest BCUT2D eigenvalue weighted by atomic mass is 10.00. The van der Waals surface area contributed by atoms with Crippen molar-refractivity contribution in [3.8, 4) is 11.1 Å². The van der Waals surface area contributed by atoms with Crippen LogP contribution in [0.5, 0.6) is 0 Å². The molecule has 0 atom stereocenters. The Hall–Kier alpha value is -1.84. The number of hydrogen-bond donors (Lipinski definition) is 1. The Morgan fingerprint density at radius 1 is 1.06 bits per heavy atom. The number of hydrogen-bond acceptors (Lipinski definition) is 3. The molecule has 3 nitrogen and oxygen atoms in total. The van der Waals surface area contributed by atoms with Crippen LogP contribution in [-0.4, -0.2) is 5.97 Å². The average Bonchev–Trinajstić information content (AvgIpc) is 2.38. The molecule has 2 N–H and O–H groups in total. The zero-order valence-electron chi connectivity index (χ0n) is 8.89. The standard InChI is InChI=1S/C13H10ClNO2/c14-11-8-4-7-10(13(16)17-15)12(11)9-5-2-1-3-6-9/h1-8H,15H2. The second-order valence-electron chi connectivity index (χ2n) is 3.43. The molecule has 2 aromatic carbocycles. The highest BCUT2D eigenvalue weighted by molar-refractivity contribution is 6.34. The fourth-order valence-corrected chi connectivity index (χ4v) is 1.94. The van der Waals surface area contributed by atoms with Crippen LogP contribution in [0, 0.1) is 0 Å². The number of carbonyl (C=O) groups excluding carboxylic acids is 1. The number of rotatable bonds is 2. The van der Waals surface area contributed by atoms with Gasteiger partial charge in [0, 0.05) is 10.6 Å². The van der Waals surface area contributed by atoms with E-state index < -0.39 is 5.97 Å². The quantitative estimate of drug-likeness (QED) is 0.830. The van der Waals surface area contributed by atoms with E-state index in [1.807, 2.05) is 30.3 Å². The first-order valence-electron chi connectivity index (χ1n) is 4.99. The first kappa shape index (κ1) is 11.6. The van der Waals surface area contributed by atoms with Crippen LogP contribution < -0.4 is 5.90 Å². The summed E-state index contributed by atoms with van der Waals surface area (Å²) in [7, 11) is 0. The van der Waals surface area contributed by atoms with Crippen molar-refractivity contribution in [2.24, 2.45) is 5.90 Å². The van der Waals surface area contributed by atoms with Gasteiger partial charge in [-0.2, -0.15) is 5.90 Å². The molecule has 0 spiro atoms. The maximum absolute atomic E-state index is 11.6. The Morgan fingerprint density at radius 2 is 1.76 bits per heavy atom. The Kier molecular flexibility index (Phi) is 3.42. The van der Waals surface area contributed by atoms with Gasteiger partial charge in [0.1, 0.15) is 0 Å². The zero-order valence-corrected chi connectivity index (χ0v) is 9.65. The molecule has 4 heteroatoms. The van der Waals surface area contributed by atoms with Crippen LogP contribution >= 0.6 is 11.6 Å². The minimum absolute atomic E-state index is 0.353. The molecule has 2 rings (SSSR count). The predicted molar refractivity (Wildman–Crippen MR) is 66.5 cm³/mol. The molecule has 0 radical (unpaired) electrons. The van der Waals surface area contributed by atoms with E-state index in [4.69, 9.17) is 17.5 Å². The van der Waals surface area contributed by atoms with E-state index in [9.17, 15) is 4.79 Å². The molecule has 0 bridgehead atoms. The van der Waals surface area contributed by atoms with Crippen LogP contribution in [0.2, 0.25) is 5.02 Å². The maximum Gasteiger partial charge on any atom is 0.357 e. The molecular weight excluding hydrogens is 238 g/mol. The number of nitrogens with two attached hydrogens (primary N) is 1. The summed E-state index contributed by atoms with van der Waals surface area (Å²) in [5, 5.41) is 0.485. The lowest BCUT2D eigenvalue weighted by Crippen LogP contribution is -2.11. The first-order chi connectivity index (χ1) is 8.24. The zero-order chi connectivity index (χ0) is 12.3. The molecule has 17 heavy (non-hydrogen) atoms. The summed E-state index contributed by atoms with van der Waals surface area (Å²) in [6.07, 6.45) is 0. The molecular formula is C13H10ClNO2. The van der Waals surface area contributed by atoms with Crippen molar-refractivity contribution in [1.29, 1.82) is 0 Å². The summed E-state index contributed by atoms with van der Waals surface area (Å²) >= 11 is 6.12. The summed E-state index contributed by atoms with van der Waals surface area (Å²) in [5.74, 6) is 4.30. The van der Waals surface area contributed by atoms with Crippen molar-refractivity contribution in [1.82, 2.24) is 0 Å². The minimum Gasteiger partial charge on any atom is -0.370 e. The molecule has 0 amide bonds. The van der Waals surface area contributed by atoms with Gasteiger partial charge in [0.25, 0.3) is 0 Å². The van der Waals surface area contributed by atoms with Gasteiger partial charge in [0.15, 0.2) is 0 Å². The van der Waals surface area contributed by atoms with E-state index in [1.54, 1.807) is 18.2 Å². The summed E-state index contributed by atoms with van der Waals surface area (Å²) in [6.45, 7) is 0. The van der Waals surface area contributed by atoms with Crippen LogP contribution in [0.1, 0.15) is 10.4 Å². The van der Waals surface area contributed by atoms with Crippen LogP contribution in [0.25, 0.3) is 11.1 Å². The number of benzene rings is 2. The van der Waals surface area contributed by atoms with E-state index in [1.165, 1.54) is 0 Å². The summed E-state index contributed by atoms with van der Waals surface area (Å²) in [5.41, 5.74) is 1.83. The van der Waals surface area contributed by atoms with Crippen LogP contribution in [-0.2, 0) is 4.84 Å². The highest BCUT2D eigenvalue weighted by Crippen LogP contribution is 2.31. The van der Waals surface area contributed by atoms with Gasteiger partial charge in [0.05, 0.1) is 5.56 Å². The minimum atomic E-state index is -0.605. The van der Waals surface area contributed by atoms with Crippen molar-refractivity contribution in [3.05, 3.63) is 59.1 Å². The topological polar surface area (TPSA) is 52.3 Å². The molecule has 0 aliphatic heterocycles. The number of halogens is 1. The summed E-state index contributed by atoms with van der Waals surface area (Å²) in [6, 6.07) is 14.4. The van der Waals surface area contributed by atoms with Gasteiger partial charge in [-0.25, -0.2) is 4.79 Å². The van der Waals surface area contributed by atoms with Gasteiger partial charge in [-0.3, -0.25) is 0 Å². The third kappa shape index (κ3) is 2.30. The molecule has 2 aromatic rings. The second-order valence-corrected chi connectivity index (χ2v) is 3.84. The largest absolute Gasteiger partial charge is 0.370 e. The molecule has 0 aliphatic rings. The first-order valence-corrected chi connectivity index (χ1v) is 5.37. The highest BCUT2D eigenvalue weighted by atomic mass is 35.5. The molecule has 0 saturated heterocycles. The molecule has 0 heterocycles. The Bertz CT molecular complexity index is 540. The van der Waals surface area contributed by atoms with Crippen molar-refractivity contribution < 1.29 is 9.63 Å². The predicted octanol–water partition coefficient (Wildman–Crippen LogP) is 3.04. The smallest absolute Gasteiger partial charge is 0.357 e. The number of carbonyl (C=O) groups is 1.